The van der Waals surface area contributed by atoms with Gasteiger partial charge in [-0.15, -0.1) is 0 Å². The zero-order valence-corrected chi connectivity index (χ0v) is 44.3. The molecule has 0 aliphatic carbocycles. The van der Waals surface area contributed by atoms with Gasteiger partial charge >= 0.3 is 0 Å². The number of nitrogens with one attached hydrogen (secondary N) is 1. The number of nitrogens with zero attached hydrogens (tertiary/aromatic N) is 6. The van der Waals surface area contributed by atoms with Crippen LogP contribution in [0.5, 0.6) is 11.5 Å². The number of hydrogen-bond acceptors (Lipinski definition) is 14. The number of imidazole rings is 1. The predicted octanol–water partition coefficient (Wildman–Crippen LogP) is 11.0. The highest BCUT2D eigenvalue weighted by Crippen LogP contribution is 2.50. The van der Waals surface area contributed by atoms with Crippen LogP contribution < -0.4 is 14.8 Å². The van der Waals surface area contributed by atoms with Crippen LogP contribution in [0.15, 0.2) is 122 Å². The van der Waals surface area contributed by atoms with E-state index in [2.05, 4.69) is 82.6 Å². The Hall–Kier alpha value is -5.64. The molecule has 5 atom stereocenters. The van der Waals surface area contributed by atoms with E-state index in [1.165, 1.54) is 6.33 Å². The summed E-state index contributed by atoms with van der Waals surface area (Å²) >= 11 is 0. The topological polar surface area (TPSA) is 174 Å². The number of anilines is 1. The molecule has 6 aromatic rings. The molecular weight excluding hydrogens is 938 g/mol. The Bertz CT molecular complexity index is 2640. The molecule has 1 amide bonds. The van der Waals surface area contributed by atoms with E-state index in [0.717, 1.165) is 16.7 Å². The fourth-order valence-electron chi connectivity index (χ4n) is 8.36. The summed E-state index contributed by atoms with van der Waals surface area (Å²) < 4.78 is 50.2. The first-order valence-corrected chi connectivity index (χ1v) is 27.8. The van der Waals surface area contributed by atoms with Crippen LogP contribution in [0.25, 0.3) is 11.2 Å². The molecule has 0 bridgehead atoms. The quantitative estimate of drug-likeness (QED) is 0.0170. The molecule has 16 nitrogen and oxygen atoms in total. The maximum atomic E-state index is 13.4. The molecule has 3 heterocycles. The number of ether oxygens (including phenoxy) is 4. The van der Waals surface area contributed by atoms with E-state index in [4.69, 9.17) is 47.4 Å². The summed E-state index contributed by atoms with van der Waals surface area (Å²) in [5, 5.41) is 12.2. The summed E-state index contributed by atoms with van der Waals surface area (Å²) in [6.45, 7) is 19.2. The number of methoxy groups -OCH3 is 2. The number of nitriles is 1. The van der Waals surface area contributed by atoms with Crippen molar-refractivity contribution in [1.29, 1.82) is 5.26 Å². The number of hydrogen-bond donors (Lipinski definition) is 1. The molecule has 1 N–H and O–H groups in total. The Morgan fingerprint density at radius 1 is 0.831 bits per heavy atom. The molecule has 4 aromatic carbocycles. The number of benzene rings is 4. The van der Waals surface area contributed by atoms with Gasteiger partial charge in [0.25, 0.3) is 14.4 Å². The summed E-state index contributed by atoms with van der Waals surface area (Å²) in [6, 6.07) is 36.7. The van der Waals surface area contributed by atoms with E-state index >= 15 is 0 Å². The van der Waals surface area contributed by atoms with Crippen molar-refractivity contribution in [2.75, 3.05) is 32.8 Å². The SMILES string of the molecule is COc1ccc(C(OC[C@H]2O[C@@H](n3cnc4c(NC(=O)c5ccccc5)ncnc43)[C@H](O[Si](C)(C)C(C)(C)C)[C@@H]2OOP(OCCC#N)N(C(C)C)C(C)C)(c2ccccc2)c2ccc(OC)cc2)cc1. The second-order valence-corrected chi connectivity index (χ2v) is 25.4. The molecule has 1 saturated heterocycles. The van der Waals surface area contributed by atoms with Crippen molar-refractivity contribution < 1.29 is 42.3 Å². The van der Waals surface area contributed by atoms with Crippen molar-refractivity contribution in [2.24, 2.45) is 0 Å². The van der Waals surface area contributed by atoms with Gasteiger partial charge in [0.2, 0.25) is 0 Å². The van der Waals surface area contributed by atoms with Gasteiger partial charge in [-0.3, -0.25) is 9.36 Å². The van der Waals surface area contributed by atoms with Crippen LogP contribution in [0, 0.1) is 11.3 Å². The van der Waals surface area contributed by atoms with Crippen LogP contribution in [0.3, 0.4) is 0 Å². The minimum Gasteiger partial charge on any atom is -0.497 e. The van der Waals surface area contributed by atoms with Gasteiger partial charge < -0.3 is 33.2 Å². The van der Waals surface area contributed by atoms with E-state index in [0.29, 0.717) is 28.2 Å². The van der Waals surface area contributed by atoms with E-state index in [1.54, 1.807) is 49.4 Å². The molecule has 7 rings (SSSR count). The second kappa shape index (κ2) is 23.3. The standard InChI is InChI=1S/C53H66N7O9PSi/c1-36(2)60(37(3)4)70(65-32-18-31-54)69-67-46-44(33-64-53(39-21-16-13-17-22-39,40-23-27-42(62-8)28-24-40)41-25-29-43(63-9)30-26-41)66-51(47(46)68-71(10,11)52(5,6)7)59-35-57-45-48(55-34-56-49(45)59)58-50(61)38-19-14-12-15-20-38/h12-17,19-30,34-37,44,46-47,51H,18,32-33H2,1-11H3,(H,55,56,58,61)/t44-,46-,47-,51-,70?/m1/s1. The summed E-state index contributed by atoms with van der Waals surface area (Å²) in [5.41, 5.74) is 2.49. The minimum atomic E-state index is -2.68. The average Bonchev–Trinajstić information content (AvgIpc) is 3.94. The molecule has 1 unspecified atom stereocenters. The van der Waals surface area contributed by atoms with E-state index in [1.807, 2.05) is 84.9 Å². The molecular formula is C53H66N7O9PSi. The maximum absolute atomic E-state index is 13.4. The van der Waals surface area contributed by atoms with Gasteiger partial charge in [-0.25, -0.2) is 24.5 Å². The highest BCUT2D eigenvalue weighted by atomic mass is 31.2. The smallest absolute Gasteiger partial charge is 0.292 e. The Balaban J connectivity index is 1.38. The summed E-state index contributed by atoms with van der Waals surface area (Å²) in [4.78, 5) is 34.2. The van der Waals surface area contributed by atoms with Crippen molar-refractivity contribution in [3.8, 4) is 17.6 Å². The van der Waals surface area contributed by atoms with Gasteiger partial charge in [-0.2, -0.15) is 9.94 Å². The Kier molecular flexibility index (Phi) is 17.4. The van der Waals surface area contributed by atoms with Gasteiger partial charge in [-0.1, -0.05) is 93.6 Å². The van der Waals surface area contributed by atoms with Crippen molar-refractivity contribution in [3.63, 3.8) is 0 Å². The molecule has 0 saturated carbocycles. The maximum Gasteiger partial charge on any atom is 0.292 e. The third kappa shape index (κ3) is 11.8. The first kappa shape index (κ1) is 53.2. The molecule has 0 radical (unpaired) electrons. The van der Waals surface area contributed by atoms with Crippen LogP contribution in [0.1, 0.15) is 88.2 Å². The van der Waals surface area contributed by atoms with E-state index in [-0.39, 0.29) is 48.5 Å². The van der Waals surface area contributed by atoms with Crippen molar-refractivity contribution in [2.45, 2.75) is 115 Å². The third-order valence-electron chi connectivity index (χ3n) is 12.9. The van der Waals surface area contributed by atoms with Crippen molar-refractivity contribution >= 4 is 39.7 Å². The van der Waals surface area contributed by atoms with Crippen LogP contribution >= 0.6 is 8.53 Å². The molecule has 1 aliphatic rings. The number of rotatable bonds is 22. The van der Waals surface area contributed by atoms with Gasteiger partial charge in [-0.05, 0) is 98.9 Å². The Morgan fingerprint density at radius 3 is 1.96 bits per heavy atom. The minimum absolute atomic E-state index is 0.00756. The molecule has 0 spiro atoms. The zero-order valence-electron chi connectivity index (χ0n) is 42.4. The molecule has 376 valence electrons. The molecule has 1 aliphatic heterocycles. The number of amides is 1. The van der Waals surface area contributed by atoms with Gasteiger partial charge in [0.05, 0.1) is 46.3 Å². The van der Waals surface area contributed by atoms with Crippen LogP contribution in [-0.4, -0.2) is 96.2 Å². The Labute approximate surface area is 419 Å². The summed E-state index contributed by atoms with van der Waals surface area (Å²) in [5.74, 6) is 1.26. The number of carbonyl (C=O) groups excluding carboxylic acids is 1. The average molecular weight is 1000 g/mol. The van der Waals surface area contributed by atoms with Gasteiger partial charge in [0, 0.05) is 17.6 Å². The monoisotopic (exact) mass is 1000 g/mol. The lowest BCUT2D eigenvalue weighted by atomic mass is 9.80. The first-order valence-electron chi connectivity index (χ1n) is 23.8. The number of aromatic nitrogens is 4. The van der Waals surface area contributed by atoms with E-state index < -0.39 is 47.0 Å². The van der Waals surface area contributed by atoms with Gasteiger partial charge in [0.1, 0.15) is 35.6 Å². The zero-order chi connectivity index (χ0) is 50.9. The van der Waals surface area contributed by atoms with Crippen LogP contribution in [0.2, 0.25) is 18.1 Å². The lowest BCUT2D eigenvalue weighted by Gasteiger charge is -2.41. The third-order valence-corrected chi connectivity index (χ3v) is 19.3. The van der Waals surface area contributed by atoms with Crippen LogP contribution in [-0.2, 0) is 33.6 Å². The molecule has 71 heavy (non-hydrogen) atoms. The van der Waals surface area contributed by atoms with Crippen molar-refractivity contribution in [1.82, 2.24) is 24.2 Å². The Morgan fingerprint density at radius 2 is 1.41 bits per heavy atom. The van der Waals surface area contributed by atoms with Crippen LogP contribution in [0.4, 0.5) is 5.82 Å². The molecule has 18 heteroatoms. The highest BCUT2D eigenvalue weighted by Gasteiger charge is 2.54. The molecule has 2 aromatic heterocycles. The van der Waals surface area contributed by atoms with E-state index in [9.17, 15) is 10.1 Å². The predicted molar refractivity (Wildman–Crippen MR) is 275 cm³/mol. The summed E-state index contributed by atoms with van der Waals surface area (Å²) in [7, 11) is -1.29. The lowest BCUT2D eigenvalue weighted by Crippen LogP contribution is -2.50. The lowest BCUT2D eigenvalue weighted by molar-refractivity contribution is -0.275. The van der Waals surface area contributed by atoms with Crippen molar-refractivity contribution in [3.05, 3.63) is 144 Å². The first-order chi connectivity index (χ1) is 34.0. The highest BCUT2D eigenvalue weighted by molar-refractivity contribution is 7.44. The second-order valence-electron chi connectivity index (χ2n) is 19.3. The molecule has 1 fully saturated rings. The summed E-state index contributed by atoms with van der Waals surface area (Å²) in [6.07, 6.45) is -0.455. The fraction of sp³-hybridized carbons (Fsp3) is 0.415. The largest absolute Gasteiger partial charge is 0.497 e. The number of carbonyl (C=O) groups is 1. The number of fused-ring (bicyclic) bond motifs is 1. The fourth-order valence-corrected chi connectivity index (χ4v) is 11.1. The van der Waals surface area contributed by atoms with Gasteiger partial charge in [0.15, 0.2) is 37.6 Å². The normalized spacial score (nSPS) is 18.0.